The maximum atomic E-state index is 12.6. The van der Waals surface area contributed by atoms with Crippen molar-refractivity contribution in [3.05, 3.63) is 64.7 Å². The number of carbonyl (C=O) groups is 1. The Balaban J connectivity index is 1.39. The van der Waals surface area contributed by atoms with Crippen LogP contribution in [0.1, 0.15) is 37.3 Å². The molecule has 2 aromatic rings. The van der Waals surface area contributed by atoms with E-state index in [0.717, 1.165) is 61.7 Å². The Labute approximate surface area is 179 Å². The van der Waals surface area contributed by atoms with Crippen molar-refractivity contribution in [1.82, 2.24) is 10.2 Å². The lowest BCUT2D eigenvalue weighted by molar-refractivity contribution is -0.126. The van der Waals surface area contributed by atoms with Gasteiger partial charge in [-0.1, -0.05) is 41.9 Å². The maximum Gasteiger partial charge on any atom is 0.224 e. The van der Waals surface area contributed by atoms with Gasteiger partial charge in [-0.05, 0) is 68.5 Å². The quantitative estimate of drug-likeness (QED) is 0.604. The number of rotatable bonds is 9. The SMILES string of the molecule is CCOc1ccc(CCCNC(=O)[C@H]2CCCN(Cc3ccccc3Cl)C2)cc1. The van der Waals surface area contributed by atoms with Crippen molar-refractivity contribution >= 4 is 17.5 Å². The highest BCUT2D eigenvalue weighted by Gasteiger charge is 2.25. The summed E-state index contributed by atoms with van der Waals surface area (Å²) < 4.78 is 5.47. The van der Waals surface area contributed by atoms with Crippen molar-refractivity contribution in [3.63, 3.8) is 0 Å². The molecular formula is C24H31ClN2O2. The average Bonchev–Trinajstić information content (AvgIpc) is 2.74. The summed E-state index contributed by atoms with van der Waals surface area (Å²) in [5.74, 6) is 1.15. The van der Waals surface area contributed by atoms with Gasteiger partial charge in [0.05, 0.1) is 12.5 Å². The fraction of sp³-hybridized carbons (Fsp3) is 0.458. The Hall–Kier alpha value is -2.04. The van der Waals surface area contributed by atoms with E-state index < -0.39 is 0 Å². The second-order valence-electron chi connectivity index (χ2n) is 7.64. The molecule has 0 aliphatic carbocycles. The van der Waals surface area contributed by atoms with Gasteiger partial charge in [-0.2, -0.15) is 0 Å². The number of nitrogens with zero attached hydrogens (tertiary/aromatic N) is 1. The lowest BCUT2D eigenvalue weighted by atomic mass is 9.96. The molecule has 1 N–H and O–H groups in total. The summed E-state index contributed by atoms with van der Waals surface area (Å²) in [6, 6.07) is 16.2. The zero-order valence-corrected chi connectivity index (χ0v) is 18.0. The number of aryl methyl sites for hydroxylation is 1. The Morgan fingerprint density at radius 3 is 2.76 bits per heavy atom. The molecule has 29 heavy (non-hydrogen) atoms. The van der Waals surface area contributed by atoms with Crippen LogP contribution in [0.4, 0.5) is 0 Å². The molecule has 2 aromatic carbocycles. The molecule has 1 aliphatic heterocycles. The monoisotopic (exact) mass is 414 g/mol. The number of likely N-dealkylation sites (tertiary alicyclic amines) is 1. The van der Waals surface area contributed by atoms with Crippen LogP contribution in [0.2, 0.25) is 5.02 Å². The molecule has 0 spiro atoms. The molecule has 1 heterocycles. The second-order valence-corrected chi connectivity index (χ2v) is 8.04. The number of nitrogens with one attached hydrogen (secondary N) is 1. The van der Waals surface area contributed by atoms with E-state index in [1.165, 1.54) is 5.56 Å². The van der Waals surface area contributed by atoms with Crippen molar-refractivity contribution < 1.29 is 9.53 Å². The van der Waals surface area contributed by atoms with Gasteiger partial charge in [0, 0.05) is 24.7 Å². The molecule has 156 valence electrons. The minimum Gasteiger partial charge on any atom is -0.494 e. The average molecular weight is 415 g/mol. The Morgan fingerprint density at radius 2 is 2.00 bits per heavy atom. The minimum atomic E-state index is 0.0664. The van der Waals surface area contributed by atoms with E-state index in [-0.39, 0.29) is 11.8 Å². The first-order valence-corrected chi connectivity index (χ1v) is 11.0. The molecule has 0 radical (unpaired) electrons. The van der Waals surface area contributed by atoms with E-state index >= 15 is 0 Å². The molecule has 1 amide bonds. The minimum absolute atomic E-state index is 0.0664. The van der Waals surface area contributed by atoms with E-state index in [1.807, 2.05) is 37.3 Å². The zero-order chi connectivity index (χ0) is 20.5. The molecule has 1 fully saturated rings. The van der Waals surface area contributed by atoms with Crippen LogP contribution in [0, 0.1) is 5.92 Å². The third-order valence-electron chi connectivity index (χ3n) is 5.40. The van der Waals surface area contributed by atoms with Crippen LogP contribution < -0.4 is 10.1 Å². The molecule has 4 nitrogen and oxygen atoms in total. The van der Waals surface area contributed by atoms with Crippen LogP contribution >= 0.6 is 11.6 Å². The number of ether oxygens (including phenoxy) is 1. The van der Waals surface area contributed by atoms with Crippen LogP contribution in [0.25, 0.3) is 0 Å². The summed E-state index contributed by atoms with van der Waals surface area (Å²) in [6.45, 7) is 6.01. The van der Waals surface area contributed by atoms with E-state index in [4.69, 9.17) is 16.3 Å². The summed E-state index contributed by atoms with van der Waals surface area (Å²) in [5.41, 5.74) is 2.40. The highest BCUT2D eigenvalue weighted by molar-refractivity contribution is 6.31. The maximum absolute atomic E-state index is 12.6. The van der Waals surface area contributed by atoms with Gasteiger partial charge < -0.3 is 10.1 Å². The lowest BCUT2D eigenvalue weighted by Crippen LogP contribution is -2.43. The fourth-order valence-electron chi connectivity index (χ4n) is 3.85. The number of halogens is 1. The third kappa shape index (κ3) is 6.76. The first-order chi connectivity index (χ1) is 14.2. The molecule has 5 heteroatoms. The van der Waals surface area contributed by atoms with Crippen LogP contribution in [0.5, 0.6) is 5.75 Å². The molecule has 1 saturated heterocycles. The van der Waals surface area contributed by atoms with Crippen molar-refractivity contribution in [2.24, 2.45) is 5.92 Å². The number of carbonyl (C=O) groups excluding carboxylic acids is 1. The van der Waals surface area contributed by atoms with Gasteiger partial charge in [0.25, 0.3) is 0 Å². The highest BCUT2D eigenvalue weighted by atomic mass is 35.5. The first kappa shape index (κ1) is 21.7. The summed E-state index contributed by atoms with van der Waals surface area (Å²) >= 11 is 6.29. The largest absolute Gasteiger partial charge is 0.494 e. The molecule has 1 aliphatic rings. The second kappa shape index (κ2) is 11.2. The van der Waals surface area contributed by atoms with E-state index in [2.05, 4.69) is 28.4 Å². The van der Waals surface area contributed by atoms with Crippen molar-refractivity contribution in [2.75, 3.05) is 26.2 Å². The van der Waals surface area contributed by atoms with Crippen molar-refractivity contribution in [1.29, 1.82) is 0 Å². The summed E-state index contributed by atoms with van der Waals surface area (Å²) in [7, 11) is 0. The van der Waals surface area contributed by atoms with Crippen molar-refractivity contribution in [3.8, 4) is 5.75 Å². The fourth-order valence-corrected chi connectivity index (χ4v) is 4.04. The first-order valence-electron chi connectivity index (χ1n) is 10.6. The predicted molar refractivity (Wildman–Crippen MR) is 118 cm³/mol. The molecule has 0 unspecified atom stereocenters. The van der Waals surface area contributed by atoms with Gasteiger partial charge in [-0.25, -0.2) is 0 Å². The molecule has 0 bridgehead atoms. The molecule has 3 rings (SSSR count). The van der Waals surface area contributed by atoms with E-state index in [9.17, 15) is 4.79 Å². The van der Waals surface area contributed by atoms with Gasteiger partial charge in [-0.15, -0.1) is 0 Å². The van der Waals surface area contributed by atoms with Gasteiger partial charge in [0.15, 0.2) is 0 Å². The predicted octanol–water partition coefficient (Wildman–Crippen LogP) is 4.70. The van der Waals surface area contributed by atoms with Crippen molar-refractivity contribution in [2.45, 2.75) is 39.2 Å². The molecule has 0 saturated carbocycles. The van der Waals surface area contributed by atoms with E-state index in [0.29, 0.717) is 13.2 Å². The standard InChI is InChI=1S/C24H31ClN2O2/c1-2-29-22-13-11-19(12-14-22)7-5-15-26-24(28)21-9-6-16-27(18-21)17-20-8-3-4-10-23(20)25/h3-4,8,10-14,21H,2,5-7,9,15-18H2,1H3,(H,26,28)/t21-/m0/s1. The van der Waals surface area contributed by atoms with Gasteiger partial charge in [-0.3, -0.25) is 9.69 Å². The summed E-state index contributed by atoms with van der Waals surface area (Å²) in [6.07, 6.45) is 3.91. The summed E-state index contributed by atoms with van der Waals surface area (Å²) in [5, 5.41) is 3.93. The number of amides is 1. The van der Waals surface area contributed by atoms with Gasteiger partial charge in [0.2, 0.25) is 5.91 Å². The Kier molecular flexibility index (Phi) is 8.38. The van der Waals surface area contributed by atoms with E-state index in [1.54, 1.807) is 0 Å². The number of benzene rings is 2. The number of hydrogen-bond acceptors (Lipinski definition) is 3. The van der Waals surface area contributed by atoms with Gasteiger partial charge in [0.1, 0.15) is 5.75 Å². The normalized spacial score (nSPS) is 17.1. The number of hydrogen-bond donors (Lipinski definition) is 1. The molecule has 0 aromatic heterocycles. The Bertz CT molecular complexity index is 779. The topological polar surface area (TPSA) is 41.6 Å². The van der Waals surface area contributed by atoms with Gasteiger partial charge >= 0.3 is 0 Å². The summed E-state index contributed by atoms with van der Waals surface area (Å²) in [4.78, 5) is 15.0. The molecular weight excluding hydrogens is 384 g/mol. The van der Waals surface area contributed by atoms with Crippen LogP contribution in [-0.2, 0) is 17.8 Å². The van der Waals surface area contributed by atoms with Crippen LogP contribution in [-0.4, -0.2) is 37.0 Å². The lowest BCUT2D eigenvalue weighted by Gasteiger charge is -2.32. The smallest absolute Gasteiger partial charge is 0.224 e. The Morgan fingerprint density at radius 1 is 1.21 bits per heavy atom. The highest BCUT2D eigenvalue weighted by Crippen LogP contribution is 2.22. The number of piperidine rings is 1. The molecule has 1 atom stereocenters. The zero-order valence-electron chi connectivity index (χ0n) is 17.2. The van der Waals surface area contributed by atoms with Crippen LogP contribution in [0.3, 0.4) is 0 Å². The third-order valence-corrected chi connectivity index (χ3v) is 5.77. The van der Waals surface area contributed by atoms with Crippen LogP contribution in [0.15, 0.2) is 48.5 Å².